The lowest BCUT2D eigenvalue weighted by molar-refractivity contribution is 0.415. The lowest BCUT2D eigenvalue weighted by Crippen LogP contribution is -2.08. The Morgan fingerprint density at radius 1 is 1.22 bits per heavy atom. The molecule has 0 saturated heterocycles. The molecule has 0 aliphatic heterocycles. The summed E-state index contributed by atoms with van der Waals surface area (Å²) in [4.78, 5) is 9.00. The van der Waals surface area contributed by atoms with Crippen molar-refractivity contribution >= 4 is 15.9 Å². The van der Waals surface area contributed by atoms with Crippen LogP contribution in [0.25, 0.3) is 11.3 Å². The van der Waals surface area contributed by atoms with E-state index < -0.39 is 0 Å². The van der Waals surface area contributed by atoms with Crippen molar-refractivity contribution < 1.29 is 4.74 Å². The standard InChI is InChI=1S/C17H19BrN4O/c1-20-10-4-3-5-15-21-16(14(11-19)17(18)22-15)12-6-8-13(23-2)9-7-12/h6-9,20H,3-5,10H2,1-2H3. The van der Waals surface area contributed by atoms with Crippen LogP contribution in [0.1, 0.15) is 24.2 Å². The molecule has 0 aliphatic carbocycles. The van der Waals surface area contributed by atoms with Crippen LogP contribution in [0.3, 0.4) is 0 Å². The summed E-state index contributed by atoms with van der Waals surface area (Å²) >= 11 is 3.40. The van der Waals surface area contributed by atoms with Gasteiger partial charge < -0.3 is 10.1 Å². The zero-order valence-corrected chi connectivity index (χ0v) is 14.9. The van der Waals surface area contributed by atoms with Gasteiger partial charge in [0.2, 0.25) is 0 Å². The molecule has 0 bridgehead atoms. The summed E-state index contributed by atoms with van der Waals surface area (Å²) in [6.07, 6.45) is 2.85. The van der Waals surface area contributed by atoms with Crippen LogP contribution in [0, 0.1) is 11.3 Å². The Morgan fingerprint density at radius 2 is 1.96 bits per heavy atom. The summed E-state index contributed by atoms with van der Waals surface area (Å²) in [6.45, 7) is 0.975. The lowest BCUT2D eigenvalue weighted by atomic mass is 10.1. The van der Waals surface area contributed by atoms with Gasteiger partial charge in [0.05, 0.1) is 12.8 Å². The Bertz CT molecular complexity index is 695. The van der Waals surface area contributed by atoms with E-state index >= 15 is 0 Å². The molecule has 0 fully saturated rings. The van der Waals surface area contributed by atoms with Crippen LogP contribution >= 0.6 is 15.9 Å². The summed E-state index contributed by atoms with van der Waals surface area (Å²) in [7, 11) is 3.57. The summed E-state index contributed by atoms with van der Waals surface area (Å²) in [5.41, 5.74) is 1.98. The first-order chi connectivity index (χ1) is 11.2. The van der Waals surface area contributed by atoms with E-state index in [9.17, 15) is 5.26 Å². The topological polar surface area (TPSA) is 70.8 Å². The molecule has 0 atom stereocenters. The maximum absolute atomic E-state index is 9.41. The molecule has 0 radical (unpaired) electrons. The molecule has 1 aromatic carbocycles. The highest BCUT2D eigenvalue weighted by molar-refractivity contribution is 9.10. The van der Waals surface area contributed by atoms with E-state index in [4.69, 9.17) is 4.74 Å². The van der Waals surface area contributed by atoms with E-state index in [0.717, 1.165) is 42.9 Å². The fourth-order valence-corrected chi connectivity index (χ4v) is 2.71. The number of halogens is 1. The maximum Gasteiger partial charge on any atom is 0.130 e. The fourth-order valence-electron chi connectivity index (χ4n) is 2.23. The number of nitrogens with zero attached hydrogens (tertiary/aromatic N) is 3. The minimum Gasteiger partial charge on any atom is -0.497 e. The molecular weight excluding hydrogens is 356 g/mol. The predicted molar refractivity (Wildman–Crippen MR) is 93.3 cm³/mol. The van der Waals surface area contributed by atoms with Crippen molar-refractivity contribution in [2.75, 3.05) is 20.7 Å². The van der Waals surface area contributed by atoms with Crippen LogP contribution in [0.15, 0.2) is 28.9 Å². The Labute approximate surface area is 144 Å². The Kier molecular flexibility index (Phi) is 6.51. The van der Waals surface area contributed by atoms with Crippen LogP contribution < -0.4 is 10.1 Å². The van der Waals surface area contributed by atoms with Crippen LogP contribution in [-0.2, 0) is 6.42 Å². The zero-order valence-electron chi connectivity index (χ0n) is 13.3. The minimum atomic E-state index is 0.453. The van der Waals surface area contributed by atoms with Gasteiger partial charge in [-0.05, 0) is 66.6 Å². The number of rotatable bonds is 7. The Balaban J connectivity index is 2.32. The van der Waals surface area contributed by atoms with Gasteiger partial charge in [-0.1, -0.05) is 0 Å². The third-order valence-electron chi connectivity index (χ3n) is 3.46. The van der Waals surface area contributed by atoms with Crippen molar-refractivity contribution in [2.45, 2.75) is 19.3 Å². The number of nitrogens with one attached hydrogen (secondary N) is 1. The van der Waals surface area contributed by atoms with E-state index in [1.54, 1.807) is 7.11 Å². The van der Waals surface area contributed by atoms with Crippen molar-refractivity contribution in [1.82, 2.24) is 15.3 Å². The molecule has 23 heavy (non-hydrogen) atoms. The van der Waals surface area contributed by atoms with Gasteiger partial charge in [0.1, 0.15) is 27.8 Å². The second kappa shape index (κ2) is 8.61. The van der Waals surface area contributed by atoms with Gasteiger partial charge in [0, 0.05) is 12.0 Å². The number of aryl methyl sites for hydroxylation is 1. The summed E-state index contributed by atoms with van der Waals surface area (Å²) in [5, 5.41) is 12.5. The van der Waals surface area contributed by atoms with Gasteiger partial charge in [0.15, 0.2) is 0 Å². The molecule has 2 aromatic rings. The van der Waals surface area contributed by atoms with Crippen LogP contribution in [0.2, 0.25) is 0 Å². The average Bonchev–Trinajstić information content (AvgIpc) is 2.58. The molecule has 0 amide bonds. The monoisotopic (exact) mass is 374 g/mol. The first kappa shape index (κ1) is 17.4. The maximum atomic E-state index is 9.41. The molecular formula is C17H19BrN4O. The van der Waals surface area contributed by atoms with Crippen molar-refractivity contribution in [3.8, 4) is 23.1 Å². The van der Waals surface area contributed by atoms with Gasteiger partial charge in [-0.3, -0.25) is 0 Å². The molecule has 6 heteroatoms. The van der Waals surface area contributed by atoms with Crippen molar-refractivity contribution in [2.24, 2.45) is 0 Å². The Morgan fingerprint density at radius 3 is 2.57 bits per heavy atom. The number of hydrogen-bond donors (Lipinski definition) is 1. The SMILES string of the molecule is CNCCCCc1nc(Br)c(C#N)c(-c2ccc(OC)cc2)n1. The molecule has 0 aliphatic rings. The highest BCUT2D eigenvalue weighted by Gasteiger charge is 2.14. The number of aromatic nitrogens is 2. The molecule has 0 unspecified atom stereocenters. The molecule has 0 spiro atoms. The molecule has 1 heterocycles. The van der Waals surface area contributed by atoms with Gasteiger partial charge in [-0.25, -0.2) is 9.97 Å². The molecule has 2 rings (SSSR count). The summed E-state index contributed by atoms with van der Waals surface area (Å²) in [6, 6.07) is 9.71. The normalized spacial score (nSPS) is 10.3. The number of ether oxygens (including phenoxy) is 1. The van der Waals surface area contributed by atoms with Gasteiger partial charge in [0.25, 0.3) is 0 Å². The van der Waals surface area contributed by atoms with Crippen LogP contribution in [-0.4, -0.2) is 30.7 Å². The summed E-state index contributed by atoms with van der Waals surface area (Å²) < 4.78 is 5.72. The Hall–Kier alpha value is -1.97. The quantitative estimate of drug-likeness (QED) is 0.594. The van der Waals surface area contributed by atoms with E-state index in [-0.39, 0.29) is 0 Å². The third kappa shape index (κ3) is 4.50. The second-order valence-electron chi connectivity index (χ2n) is 5.06. The molecule has 1 aromatic heterocycles. The molecule has 1 N–H and O–H groups in total. The second-order valence-corrected chi connectivity index (χ2v) is 5.81. The van der Waals surface area contributed by atoms with Crippen LogP contribution in [0.5, 0.6) is 5.75 Å². The van der Waals surface area contributed by atoms with E-state index in [1.807, 2.05) is 31.3 Å². The van der Waals surface area contributed by atoms with Crippen molar-refractivity contribution in [3.05, 3.63) is 40.3 Å². The van der Waals surface area contributed by atoms with Crippen LogP contribution in [0.4, 0.5) is 0 Å². The zero-order chi connectivity index (χ0) is 16.7. The van der Waals surface area contributed by atoms with E-state index in [1.165, 1.54) is 0 Å². The molecule has 5 nitrogen and oxygen atoms in total. The van der Waals surface area contributed by atoms with Gasteiger partial charge in [-0.15, -0.1) is 0 Å². The van der Waals surface area contributed by atoms with E-state index in [2.05, 4.69) is 37.3 Å². The predicted octanol–water partition coefficient (Wildman–Crippen LogP) is 3.33. The minimum absolute atomic E-state index is 0.453. The number of unbranched alkanes of at least 4 members (excludes halogenated alkanes) is 1. The van der Waals surface area contributed by atoms with Gasteiger partial charge in [-0.2, -0.15) is 5.26 Å². The lowest BCUT2D eigenvalue weighted by Gasteiger charge is -2.09. The number of nitriles is 1. The third-order valence-corrected chi connectivity index (χ3v) is 4.04. The summed E-state index contributed by atoms with van der Waals surface area (Å²) in [5.74, 6) is 1.52. The number of hydrogen-bond acceptors (Lipinski definition) is 5. The highest BCUT2D eigenvalue weighted by Crippen LogP contribution is 2.28. The van der Waals surface area contributed by atoms with Crippen molar-refractivity contribution in [3.63, 3.8) is 0 Å². The van der Waals surface area contributed by atoms with Gasteiger partial charge >= 0.3 is 0 Å². The largest absolute Gasteiger partial charge is 0.497 e. The molecule has 120 valence electrons. The number of benzene rings is 1. The molecule has 0 saturated carbocycles. The number of methoxy groups -OCH3 is 1. The van der Waals surface area contributed by atoms with Crippen molar-refractivity contribution in [1.29, 1.82) is 5.26 Å². The average molecular weight is 375 g/mol. The fraction of sp³-hybridized carbons (Fsp3) is 0.353. The highest BCUT2D eigenvalue weighted by atomic mass is 79.9. The van der Waals surface area contributed by atoms with E-state index in [0.29, 0.717) is 15.9 Å². The smallest absolute Gasteiger partial charge is 0.130 e. The first-order valence-electron chi connectivity index (χ1n) is 7.45. The first-order valence-corrected chi connectivity index (χ1v) is 8.24.